The monoisotopic (exact) mass is 416 g/mol. The molecule has 0 atom stereocenters. The first-order chi connectivity index (χ1) is 13.4. The molecule has 0 spiro atoms. The lowest BCUT2D eigenvalue weighted by atomic mass is 9.56. The van der Waals surface area contributed by atoms with Crippen molar-refractivity contribution in [3.63, 3.8) is 0 Å². The van der Waals surface area contributed by atoms with Gasteiger partial charge >= 0.3 is 0 Å². The summed E-state index contributed by atoms with van der Waals surface area (Å²) in [5.74, 6) is -2.07. The number of carbonyl (C=O) groups excluding carboxylic acids is 2. The van der Waals surface area contributed by atoms with Gasteiger partial charge in [-0.3, -0.25) is 9.59 Å². The van der Waals surface area contributed by atoms with Gasteiger partial charge in [0.2, 0.25) is 0 Å². The Morgan fingerprint density at radius 2 is 1.59 bits per heavy atom. The molecular formula is C24H26ClFO3. The van der Waals surface area contributed by atoms with Crippen molar-refractivity contribution < 1.29 is 19.1 Å². The maximum Gasteiger partial charge on any atom is 0.155 e. The summed E-state index contributed by atoms with van der Waals surface area (Å²) in [5.41, 5.74) is 0.227. The summed E-state index contributed by atoms with van der Waals surface area (Å²) < 4.78 is 14.5. The van der Waals surface area contributed by atoms with E-state index < -0.39 is 28.7 Å². The first kappa shape index (κ1) is 21.7. The van der Waals surface area contributed by atoms with Crippen molar-refractivity contribution in [2.24, 2.45) is 10.8 Å². The molecule has 1 N–H and O–H groups in total. The smallest absolute Gasteiger partial charge is 0.155 e. The first-order valence-electron chi connectivity index (χ1n) is 9.77. The molecule has 0 unspecified atom stereocenters. The van der Waals surface area contributed by atoms with Crippen LogP contribution in [0.5, 0.6) is 0 Å². The summed E-state index contributed by atoms with van der Waals surface area (Å²) >= 11 is 5.87. The van der Waals surface area contributed by atoms with Crippen LogP contribution in [0.25, 0.3) is 11.1 Å². The van der Waals surface area contributed by atoms with Gasteiger partial charge in [-0.25, -0.2) is 4.39 Å². The molecule has 5 heteroatoms. The van der Waals surface area contributed by atoms with E-state index in [2.05, 4.69) is 0 Å². The minimum Gasteiger partial charge on any atom is -0.391 e. The fourth-order valence-corrected chi connectivity index (χ4v) is 4.55. The van der Waals surface area contributed by atoms with E-state index in [1.165, 1.54) is 6.07 Å². The molecule has 0 heterocycles. The van der Waals surface area contributed by atoms with Gasteiger partial charge in [0.1, 0.15) is 11.7 Å². The largest absolute Gasteiger partial charge is 0.391 e. The summed E-state index contributed by atoms with van der Waals surface area (Å²) in [5, 5.41) is 11.0. The molecule has 0 radical (unpaired) electrons. The van der Waals surface area contributed by atoms with Gasteiger partial charge < -0.3 is 5.11 Å². The predicted octanol–water partition coefficient (Wildman–Crippen LogP) is 5.36. The second-order valence-corrected chi connectivity index (χ2v) is 9.34. The molecule has 0 aromatic heterocycles. The van der Waals surface area contributed by atoms with Crippen LogP contribution in [0.3, 0.4) is 0 Å². The zero-order valence-electron chi connectivity index (χ0n) is 17.3. The van der Waals surface area contributed by atoms with Crippen molar-refractivity contribution in [3.05, 3.63) is 58.4 Å². The lowest BCUT2D eigenvalue weighted by Crippen LogP contribution is -2.59. The third kappa shape index (κ3) is 3.43. The first-order valence-corrected chi connectivity index (χ1v) is 10.2. The van der Waals surface area contributed by atoms with Crippen molar-refractivity contribution in [1.82, 2.24) is 0 Å². The quantitative estimate of drug-likeness (QED) is 0.685. The molecule has 2 aromatic rings. The molecular weight excluding hydrogens is 391 g/mol. The highest BCUT2D eigenvalue weighted by Crippen LogP contribution is 2.48. The molecule has 0 aliphatic heterocycles. The Hall–Kier alpha value is -2.04. The van der Waals surface area contributed by atoms with Gasteiger partial charge in [-0.1, -0.05) is 58.4 Å². The Labute approximate surface area is 175 Å². The van der Waals surface area contributed by atoms with Crippen molar-refractivity contribution in [3.8, 4) is 11.1 Å². The van der Waals surface area contributed by atoms with Crippen LogP contribution >= 0.6 is 11.6 Å². The van der Waals surface area contributed by atoms with Crippen molar-refractivity contribution in [2.45, 2.75) is 53.1 Å². The summed E-state index contributed by atoms with van der Waals surface area (Å²) in [6.45, 7) is 8.65. The van der Waals surface area contributed by atoms with E-state index in [1.807, 2.05) is 13.0 Å². The zero-order valence-corrected chi connectivity index (χ0v) is 18.1. The highest BCUT2D eigenvalue weighted by atomic mass is 35.5. The summed E-state index contributed by atoms with van der Waals surface area (Å²) in [6, 6.07) is 9.79. The van der Waals surface area contributed by atoms with Crippen molar-refractivity contribution in [1.29, 1.82) is 0 Å². The summed E-state index contributed by atoms with van der Waals surface area (Å²) in [6.07, 6.45) is -0.452. The zero-order chi connectivity index (χ0) is 21.7. The molecule has 3 rings (SSSR count). The van der Waals surface area contributed by atoms with Crippen LogP contribution in [0.2, 0.25) is 5.02 Å². The van der Waals surface area contributed by atoms with Gasteiger partial charge in [-0.05, 0) is 47.4 Å². The minimum absolute atomic E-state index is 0.298. The third-order valence-corrected chi connectivity index (χ3v) is 6.48. The number of carbonyl (C=O) groups is 2. The van der Waals surface area contributed by atoms with E-state index in [9.17, 15) is 19.1 Å². The second kappa shape index (κ2) is 7.33. The van der Waals surface area contributed by atoms with E-state index in [-0.39, 0.29) is 11.6 Å². The number of aryl methyl sites for hydroxylation is 1. The summed E-state index contributed by atoms with van der Waals surface area (Å²) in [7, 11) is 0. The van der Waals surface area contributed by atoms with Crippen LogP contribution < -0.4 is 0 Å². The number of halogens is 2. The Balaban J connectivity index is 2.21. The van der Waals surface area contributed by atoms with Crippen LogP contribution in [-0.4, -0.2) is 22.8 Å². The molecule has 2 aromatic carbocycles. The normalized spacial score (nSPS) is 23.3. The van der Waals surface area contributed by atoms with E-state index >= 15 is 0 Å². The minimum atomic E-state index is -1.08. The van der Waals surface area contributed by atoms with Crippen molar-refractivity contribution in [2.75, 3.05) is 0 Å². The Morgan fingerprint density at radius 1 is 1.00 bits per heavy atom. The molecule has 0 saturated heterocycles. The van der Waals surface area contributed by atoms with Crippen LogP contribution in [0.1, 0.15) is 51.7 Å². The molecule has 154 valence electrons. The lowest BCUT2D eigenvalue weighted by molar-refractivity contribution is -0.162. The average molecular weight is 417 g/mol. The standard InChI is InChI=1S/C24H26ClFO3/c1-6-13-7-8-14(16-10-9-15(25)12-18(16)26)11-17(13)19-20(27)23(2,3)22(29)24(4,5)21(19)28/h7-12,19,22,29H,6H2,1-5H3. The van der Waals surface area contributed by atoms with Gasteiger partial charge in [0.15, 0.2) is 11.6 Å². The molecule has 1 aliphatic rings. The van der Waals surface area contributed by atoms with E-state index in [4.69, 9.17) is 11.6 Å². The van der Waals surface area contributed by atoms with Crippen LogP contribution in [0.4, 0.5) is 4.39 Å². The van der Waals surface area contributed by atoms with Gasteiger partial charge in [0.05, 0.1) is 16.9 Å². The van der Waals surface area contributed by atoms with E-state index in [0.29, 0.717) is 28.1 Å². The van der Waals surface area contributed by atoms with Gasteiger partial charge in [0.25, 0.3) is 0 Å². The Kier molecular flexibility index (Phi) is 5.48. The highest BCUT2D eigenvalue weighted by molar-refractivity contribution is 6.30. The molecule has 29 heavy (non-hydrogen) atoms. The van der Waals surface area contributed by atoms with Gasteiger partial charge in [0, 0.05) is 10.6 Å². The average Bonchev–Trinajstić information content (AvgIpc) is 2.66. The Bertz CT molecular complexity index is 966. The Morgan fingerprint density at radius 3 is 2.10 bits per heavy atom. The van der Waals surface area contributed by atoms with E-state index in [1.54, 1.807) is 52.0 Å². The number of ketones is 2. The number of hydrogen-bond donors (Lipinski definition) is 1. The molecule has 1 saturated carbocycles. The number of hydrogen-bond acceptors (Lipinski definition) is 3. The van der Waals surface area contributed by atoms with Crippen molar-refractivity contribution >= 4 is 23.2 Å². The predicted molar refractivity (Wildman–Crippen MR) is 113 cm³/mol. The maximum absolute atomic E-state index is 14.5. The summed E-state index contributed by atoms with van der Waals surface area (Å²) in [4.78, 5) is 26.6. The van der Waals surface area contributed by atoms with Crippen LogP contribution in [0.15, 0.2) is 36.4 Å². The van der Waals surface area contributed by atoms with Crippen LogP contribution in [0, 0.1) is 16.6 Å². The molecule has 0 bridgehead atoms. The lowest BCUT2D eigenvalue weighted by Gasteiger charge is -2.47. The second-order valence-electron chi connectivity index (χ2n) is 8.90. The molecule has 3 nitrogen and oxygen atoms in total. The molecule has 1 fully saturated rings. The van der Waals surface area contributed by atoms with Gasteiger partial charge in [-0.15, -0.1) is 0 Å². The number of aliphatic hydroxyl groups excluding tert-OH is 1. The fraction of sp³-hybridized carbons (Fsp3) is 0.417. The third-order valence-electron chi connectivity index (χ3n) is 6.24. The number of Topliss-reactive ketones (excluding diaryl/α,β-unsaturated/α-hetero) is 2. The molecule has 1 aliphatic carbocycles. The van der Waals surface area contributed by atoms with Crippen LogP contribution in [-0.2, 0) is 16.0 Å². The molecule has 0 amide bonds. The topological polar surface area (TPSA) is 54.4 Å². The number of aliphatic hydroxyl groups is 1. The van der Waals surface area contributed by atoms with E-state index in [0.717, 1.165) is 5.56 Å². The SMILES string of the molecule is CCc1ccc(-c2ccc(Cl)cc2F)cc1C1C(=O)C(C)(C)C(O)C(C)(C)C1=O. The fourth-order valence-electron chi connectivity index (χ4n) is 4.39. The number of benzene rings is 2. The maximum atomic E-state index is 14.5. The van der Waals surface area contributed by atoms with Gasteiger partial charge in [-0.2, -0.15) is 0 Å². The number of rotatable bonds is 3. The highest BCUT2D eigenvalue weighted by Gasteiger charge is 2.58.